The molecule has 0 spiro atoms. The van der Waals surface area contributed by atoms with Gasteiger partial charge in [0.15, 0.2) is 0 Å². The fourth-order valence-corrected chi connectivity index (χ4v) is 2.12. The molecule has 6 heteroatoms. The van der Waals surface area contributed by atoms with Crippen LogP contribution in [0.5, 0.6) is 0 Å². The van der Waals surface area contributed by atoms with Crippen LogP contribution in [-0.4, -0.2) is 4.98 Å². The van der Waals surface area contributed by atoms with Crippen LogP contribution in [0.1, 0.15) is 22.4 Å². The van der Waals surface area contributed by atoms with Gasteiger partial charge in [-0.25, -0.2) is 4.98 Å². The van der Waals surface area contributed by atoms with Gasteiger partial charge in [0.05, 0.1) is 5.56 Å². The number of nitrogen functional groups attached to an aromatic ring is 1. The Morgan fingerprint density at radius 2 is 1.71 bits per heavy atom. The van der Waals surface area contributed by atoms with Gasteiger partial charge in [-0.1, -0.05) is 12.1 Å². The van der Waals surface area contributed by atoms with Gasteiger partial charge in [-0.15, -0.1) is 0 Å². The number of hydrogen-bond acceptors (Lipinski definition) is 3. The molecule has 0 saturated heterocycles. The molecule has 3 nitrogen and oxygen atoms in total. The Bertz CT molecular complexity index is 726. The minimum atomic E-state index is -4.39. The molecule has 2 N–H and O–H groups in total. The number of aromatic nitrogens is 1. The topological polar surface area (TPSA) is 62.7 Å². The normalized spacial score (nSPS) is 11.2. The maximum Gasteiger partial charge on any atom is 0.416 e. The van der Waals surface area contributed by atoms with E-state index in [0.29, 0.717) is 16.8 Å². The van der Waals surface area contributed by atoms with E-state index in [1.54, 1.807) is 13.8 Å². The second-order valence-electron chi connectivity index (χ2n) is 4.64. The van der Waals surface area contributed by atoms with Crippen molar-refractivity contribution < 1.29 is 13.2 Å². The van der Waals surface area contributed by atoms with Crippen molar-refractivity contribution in [3.05, 3.63) is 46.6 Å². The summed E-state index contributed by atoms with van der Waals surface area (Å²) in [5.74, 6) is 0.0792. The molecule has 0 saturated carbocycles. The van der Waals surface area contributed by atoms with Crippen LogP contribution in [0.2, 0.25) is 0 Å². The lowest BCUT2D eigenvalue weighted by Gasteiger charge is -2.13. The maximum absolute atomic E-state index is 12.6. The van der Waals surface area contributed by atoms with Gasteiger partial charge in [0.2, 0.25) is 0 Å². The highest BCUT2D eigenvalue weighted by molar-refractivity contribution is 5.78. The Balaban J connectivity index is 2.65. The molecule has 0 fully saturated rings. The first-order valence-electron chi connectivity index (χ1n) is 6.10. The quantitative estimate of drug-likeness (QED) is 0.868. The smallest absolute Gasteiger partial charge is 0.383 e. The molecule has 2 rings (SSSR count). The number of halogens is 3. The lowest BCUT2D eigenvalue weighted by molar-refractivity contribution is -0.137. The van der Waals surface area contributed by atoms with Crippen molar-refractivity contribution in [1.29, 1.82) is 5.26 Å². The molecule has 1 heterocycles. The highest BCUT2D eigenvalue weighted by Crippen LogP contribution is 2.34. The van der Waals surface area contributed by atoms with E-state index in [0.717, 1.165) is 17.7 Å². The zero-order chi connectivity index (χ0) is 15.8. The highest BCUT2D eigenvalue weighted by Gasteiger charge is 2.30. The van der Waals surface area contributed by atoms with Gasteiger partial charge in [-0.2, -0.15) is 18.4 Å². The summed E-state index contributed by atoms with van der Waals surface area (Å²) < 4.78 is 37.8. The molecule has 0 aliphatic heterocycles. The second-order valence-corrected chi connectivity index (χ2v) is 4.64. The molecule has 0 amide bonds. The van der Waals surface area contributed by atoms with Gasteiger partial charge in [-0.3, -0.25) is 0 Å². The van der Waals surface area contributed by atoms with Crippen LogP contribution in [0.15, 0.2) is 24.3 Å². The number of rotatable bonds is 1. The average molecular weight is 291 g/mol. The Morgan fingerprint density at radius 1 is 1.14 bits per heavy atom. The van der Waals surface area contributed by atoms with Crippen LogP contribution in [-0.2, 0) is 6.18 Å². The predicted octanol–water partition coefficient (Wildman–Crippen LogP) is 3.84. The zero-order valence-corrected chi connectivity index (χ0v) is 11.4. The summed E-state index contributed by atoms with van der Waals surface area (Å²) in [5.41, 5.74) is 7.56. The summed E-state index contributed by atoms with van der Waals surface area (Å²) in [6.45, 7) is 3.50. The van der Waals surface area contributed by atoms with Crippen LogP contribution in [0.3, 0.4) is 0 Å². The SMILES string of the molecule is Cc1nc(N)c(C#N)c(-c2ccc(C(F)(F)F)cc2)c1C. The predicted molar refractivity (Wildman–Crippen MR) is 73.3 cm³/mol. The van der Waals surface area contributed by atoms with Crippen molar-refractivity contribution in [3.8, 4) is 17.2 Å². The fraction of sp³-hybridized carbons (Fsp3) is 0.200. The number of hydrogen-bond donors (Lipinski definition) is 1. The van der Waals surface area contributed by atoms with Crippen molar-refractivity contribution in [2.45, 2.75) is 20.0 Å². The molecule has 21 heavy (non-hydrogen) atoms. The molecule has 0 bridgehead atoms. The van der Waals surface area contributed by atoms with Crippen molar-refractivity contribution in [3.63, 3.8) is 0 Å². The Morgan fingerprint density at radius 3 is 2.19 bits per heavy atom. The fourth-order valence-electron chi connectivity index (χ4n) is 2.12. The molecular weight excluding hydrogens is 279 g/mol. The van der Waals surface area contributed by atoms with Crippen molar-refractivity contribution >= 4 is 5.82 Å². The molecule has 0 unspecified atom stereocenters. The monoisotopic (exact) mass is 291 g/mol. The van der Waals surface area contributed by atoms with E-state index >= 15 is 0 Å². The van der Waals surface area contributed by atoms with E-state index in [1.807, 2.05) is 6.07 Å². The molecule has 1 aromatic heterocycles. The number of aryl methyl sites for hydroxylation is 1. The Labute approximate surface area is 119 Å². The van der Waals surface area contributed by atoms with Crippen LogP contribution in [0.25, 0.3) is 11.1 Å². The Hall–Kier alpha value is -2.55. The number of benzene rings is 1. The summed E-state index contributed by atoms with van der Waals surface area (Å²) in [6.07, 6.45) is -4.39. The summed E-state index contributed by atoms with van der Waals surface area (Å²) >= 11 is 0. The highest BCUT2D eigenvalue weighted by atomic mass is 19.4. The Kier molecular flexibility index (Phi) is 3.60. The maximum atomic E-state index is 12.6. The third-order valence-electron chi connectivity index (χ3n) is 3.32. The summed E-state index contributed by atoms with van der Waals surface area (Å²) in [5, 5.41) is 9.21. The molecular formula is C15H12F3N3. The molecule has 0 radical (unpaired) electrons. The molecule has 1 aromatic carbocycles. The van der Waals surface area contributed by atoms with Gasteiger partial charge in [0, 0.05) is 11.3 Å². The van der Waals surface area contributed by atoms with E-state index < -0.39 is 11.7 Å². The average Bonchev–Trinajstić information content (AvgIpc) is 2.41. The van der Waals surface area contributed by atoms with Gasteiger partial charge < -0.3 is 5.73 Å². The van der Waals surface area contributed by atoms with Crippen molar-refractivity contribution in [2.24, 2.45) is 0 Å². The van der Waals surface area contributed by atoms with Crippen LogP contribution >= 0.6 is 0 Å². The van der Waals surface area contributed by atoms with E-state index in [2.05, 4.69) is 4.98 Å². The first-order valence-corrected chi connectivity index (χ1v) is 6.10. The first-order chi connectivity index (χ1) is 9.75. The number of anilines is 1. The van der Waals surface area contributed by atoms with Crippen LogP contribution < -0.4 is 5.73 Å². The third-order valence-corrected chi connectivity index (χ3v) is 3.32. The standard InChI is InChI=1S/C15H12F3N3/c1-8-9(2)21-14(20)12(7-19)13(8)10-3-5-11(6-4-10)15(16,17)18/h3-6H,1-2H3,(H2,20,21). The molecule has 0 aliphatic carbocycles. The minimum absolute atomic E-state index is 0.0792. The van der Waals surface area contributed by atoms with E-state index in [9.17, 15) is 18.4 Å². The molecule has 0 atom stereocenters. The van der Waals surface area contributed by atoms with E-state index in [4.69, 9.17) is 5.73 Å². The lowest BCUT2D eigenvalue weighted by Crippen LogP contribution is -2.05. The van der Waals surface area contributed by atoms with Crippen molar-refractivity contribution in [2.75, 3.05) is 5.73 Å². The first kappa shape index (κ1) is 14.9. The zero-order valence-electron chi connectivity index (χ0n) is 11.4. The number of nitrogens with two attached hydrogens (primary N) is 1. The minimum Gasteiger partial charge on any atom is -0.383 e. The van der Waals surface area contributed by atoms with Gasteiger partial charge in [0.1, 0.15) is 17.5 Å². The van der Waals surface area contributed by atoms with Crippen LogP contribution in [0, 0.1) is 25.2 Å². The second kappa shape index (κ2) is 5.09. The number of nitrogens with zero attached hydrogens (tertiary/aromatic N) is 2. The summed E-state index contributed by atoms with van der Waals surface area (Å²) in [6, 6.07) is 6.62. The van der Waals surface area contributed by atoms with Gasteiger partial charge in [-0.05, 0) is 37.1 Å². The van der Waals surface area contributed by atoms with E-state index in [-0.39, 0.29) is 11.4 Å². The van der Waals surface area contributed by atoms with Gasteiger partial charge in [0.25, 0.3) is 0 Å². The number of alkyl halides is 3. The largest absolute Gasteiger partial charge is 0.416 e. The third kappa shape index (κ3) is 2.68. The van der Waals surface area contributed by atoms with E-state index in [1.165, 1.54) is 12.1 Å². The number of nitriles is 1. The van der Waals surface area contributed by atoms with Crippen LogP contribution in [0.4, 0.5) is 19.0 Å². The molecule has 108 valence electrons. The number of pyridine rings is 1. The van der Waals surface area contributed by atoms with Gasteiger partial charge >= 0.3 is 6.18 Å². The molecule has 2 aromatic rings. The molecule has 0 aliphatic rings. The van der Waals surface area contributed by atoms with Crippen molar-refractivity contribution in [1.82, 2.24) is 4.98 Å². The summed E-state index contributed by atoms with van der Waals surface area (Å²) in [4.78, 5) is 4.06. The lowest BCUT2D eigenvalue weighted by atomic mass is 9.94. The summed E-state index contributed by atoms with van der Waals surface area (Å²) in [7, 11) is 0.